The topological polar surface area (TPSA) is 51.7 Å². The molecule has 2 aromatic rings. The van der Waals surface area contributed by atoms with Gasteiger partial charge in [-0.05, 0) is 42.8 Å². The van der Waals surface area contributed by atoms with Gasteiger partial charge in [0.2, 0.25) is 0 Å². The Morgan fingerprint density at radius 2 is 2.12 bits per heavy atom. The van der Waals surface area contributed by atoms with Gasteiger partial charge in [0.05, 0.1) is 20.3 Å². The lowest BCUT2D eigenvalue weighted by atomic mass is 10.0. The molecule has 1 aromatic carbocycles. The molecular formula is C19H22N2O3. The summed E-state index contributed by atoms with van der Waals surface area (Å²) < 4.78 is 10.8. The van der Waals surface area contributed by atoms with Crippen molar-refractivity contribution in [3.63, 3.8) is 0 Å². The van der Waals surface area contributed by atoms with Crippen LogP contribution < -0.4 is 4.74 Å². The van der Waals surface area contributed by atoms with E-state index >= 15 is 0 Å². The molecule has 24 heavy (non-hydrogen) atoms. The molecule has 0 aliphatic carbocycles. The molecule has 5 nitrogen and oxygen atoms in total. The molecule has 1 saturated heterocycles. The van der Waals surface area contributed by atoms with E-state index in [0.717, 1.165) is 17.9 Å². The lowest BCUT2D eigenvalue weighted by Crippen LogP contribution is -2.36. The number of rotatable bonds is 4. The minimum atomic E-state index is 0.0363. The SMILES string of the molecule is COc1ccc(C(=O)N2CCOC[C@H](Cc3ccccn3)C2)cc1. The third kappa shape index (κ3) is 4.11. The first kappa shape index (κ1) is 16.5. The van der Waals surface area contributed by atoms with Gasteiger partial charge in [-0.3, -0.25) is 9.78 Å². The Labute approximate surface area is 142 Å². The zero-order valence-electron chi connectivity index (χ0n) is 13.9. The van der Waals surface area contributed by atoms with E-state index in [1.165, 1.54) is 0 Å². The van der Waals surface area contributed by atoms with E-state index in [-0.39, 0.29) is 11.8 Å². The fourth-order valence-corrected chi connectivity index (χ4v) is 2.92. The third-order valence-corrected chi connectivity index (χ3v) is 4.19. The van der Waals surface area contributed by atoms with Crippen LogP contribution in [0, 0.1) is 5.92 Å². The number of benzene rings is 1. The summed E-state index contributed by atoms with van der Waals surface area (Å²) in [5, 5.41) is 0. The number of carbonyl (C=O) groups excluding carboxylic acids is 1. The van der Waals surface area contributed by atoms with E-state index in [1.807, 2.05) is 35.2 Å². The Bertz CT molecular complexity index is 658. The average Bonchev–Trinajstić information content (AvgIpc) is 2.87. The van der Waals surface area contributed by atoms with Crippen LogP contribution in [-0.2, 0) is 11.2 Å². The fourth-order valence-electron chi connectivity index (χ4n) is 2.92. The van der Waals surface area contributed by atoms with Crippen molar-refractivity contribution >= 4 is 5.91 Å². The van der Waals surface area contributed by atoms with Gasteiger partial charge in [-0.1, -0.05) is 6.07 Å². The highest BCUT2D eigenvalue weighted by atomic mass is 16.5. The van der Waals surface area contributed by atoms with Gasteiger partial charge in [0.15, 0.2) is 0 Å². The Morgan fingerprint density at radius 1 is 1.29 bits per heavy atom. The molecule has 0 bridgehead atoms. The van der Waals surface area contributed by atoms with Crippen molar-refractivity contribution in [3.05, 3.63) is 59.9 Å². The number of aromatic nitrogens is 1. The maximum absolute atomic E-state index is 12.8. The van der Waals surface area contributed by atoms with Crippen molar-refractivity contribution in [2.24, 2.45) is 5.92 Å². The first-order chi connectivity index (χ1) is 11.8. The summed E-state index contributed by atoms with van der Waals surface area (Å²) in [6.45, 7) is 2.52. The van der Waals surface area contributed by atoms with Crippen LogP contribution in [0.4, 0.5) is 0 Å². The van der Waals surface area contributed by atoms with E-state index in [0.29, 0.717) is 31.9 Å². The Balaban J connectivity index is 1.68. The molecule has 1 fully saturated rings. The summed E-state index contributed by atoms with van der Waals surface area (Å²) in [5.74, 6) is 1.04. The molecule has 3 rings (SSSR count). The van der Waals surface area contributed by atoms with Crippen molar-refractivity contribution < 1.29 is 14.3 Å². The maximum atomic E-state index is 12.8. The first-order valence-corrected chi connectivity index (χ1v) is 8.17. The van der Waals surface area contributed by atoms with Gasteiger partial charge >= 0.3 is 0 Å². The van der Waals surface area contributed by atoms with Gasteiger partial charge < -0.3 is 14.4 Å². The summed E-state index contributed by atoms with van der Waals surface area (Å²) in [7, 11) is 1.62. The van der Waals surface area contributed by atoms with Gasteiger partial charge in [-0.25, -0.2) is 0 Å². The van der Waals surface area contributed by atoms with Crippen LogP contribution in [0.5, 0.6) is 5.75 Å². The largest absolute Gasteiger partial charge is 0.497 e. The van der Waals surface area contributed by atoms with E-state index in [9.17, 15) is 4.79 Å². The standard InChI is InChI=1S/C19H22N2O3/c1-23-18-7-5-16(6-8-18)19(22)21-10-11-24-14-15(13-21)12-17-4-2-3-9-20-17/h2-9,15H,10-14H2,1H3/t15-/m1/s1. The Hall–Kier alpha value is -2.40. The van der Waals surface area contributed by atoms with E-state index in [4.69, 9.17) is 9.47 Å². The van der Waals surface area contributed by atoms with E-state index in [1.54, 1.807) is 25.4 Å². The molecule has 126 valence electrons. The monoisotopic (exact) mass is 326 g/mol. The van der Waals surface area contributed by atoms with Crippen molar-refractivity contribution in [3.8, 4) is 5.75 Å². The molecule has 1 amide bonds. The van der Waals surface area contributed by atoms with Crippen LogP contribution >= 0.6 is 0 Å². The van der Waals surface area contributed by atoms with Crippen molar-refractivity contribution in [2.45, 2.75) is 6.42 Å². The summed E-state index contributed by atoms with van der Waals surface area (Å²) in [5.41, 5.74) is 1.71. The van der Waals surface area contributed by atoms with Crippen molar-refractivity contribution in [2.75, 3.05) is 33.4 Å². The molecule has 0 unspecified atom stereocenters. The minimum Gasteiger partial charge on any atom is -0.497 e. The van der Waals surface area contributed by atoms with Crippen LogP contribution in [0.3, 0.4) is 0 Å². The highest BCUT2D eigenvalue weighted by molar-refractivity contribution is 5.94. The predicted molar refractivity (Wildman–Crippen MR) is 91.1 cm³/mol. The molecule has 0 saturated carbocycles. The number of pyridine rings is 1. The fraction of sp³-hybridized carbons (Fsp3) is 0.368. The molecule has 5 heteroatoms. The smallest absolute Gasteiger partial charge is 0.253 e. The van der Waals surface area contributed by atoms with Crippen LogP contribution in [-0.4, -0.2) is 49.2 Å². The van der Waals surface area contributed by atoms with Gasteiger partial charge in [0, 0.05) is 36.5 Å². The molecule has 1 aromatic heterocycles. The highest BCUT2D eigenvalue weighted by Gasteiger charge is 2.24. The molecule has 1 atom stereocenters. The zero-order chi connectivity index (χ0) is 16.8. The summed E-state index contributed by atoms with van der Waals surface area (Å²) >= 11 is 0. The lowest BCUT2D eigenvalue weighted by Gasteiger charge is -2.23. The van der Waals surface area contributed by atoms with Crippen LogP contribution in [0.15, 0.2) is 48.7 Å². The second-order valence-corrected chi connectivity index (χ2v) is 5.95. The van der Waals surface area contributed by atoms with Gasteiger partial charge in [0.25, 0.3) is 5.91 Å². The summed E-state index contributed by atoms with van der Waals surface area (Å²) in [6, 6.07) is 13.1. The molecule has 0 N–H and O–H groups in total. The van der Waals surface area contributed by atoms with E-state index in [2.05, 4.69) is 4.98 Å². The van der Waals surface area contributed by atoms with Crippen LogP contribution in [0.2, 0.25) is 0 Å². The number of hydrogen-bond acceptors (Lipinski definition) is 4. The number of nitrogens with zero attached hydrogens (tertiary/aromatic N) is 2. The molecule has 1 aliphatic rings. The second-order valence-electron chi connectivity index (χ2n) is 5.95. The van der Waals surface area contributed by atoms with E-state index < -0.39 is 0 Å². The molecule has 0 radical (unpaired) electrons. The Kier molecular flexibility index (Phi) is 5.43. The normalized spacial score (nSPS) is 18.0. The van der Waals surface area contributed by atoms with Crippen LogP contribution in [0.1, 0.15) is 16.1 Å². The summed E-state index contributed by atoms with van der Waals surface area (Å²) in [6.07, 6.45) is 2.61. The Morgan fingerprint density at radius 3 is 2.83 bits per heavy atom. The average molecular weight is 326 g/mol. The quantitative estimate of drug-likeness (QED) is 0.866. The number of carbonyl (C=O) groups is 1. The molecule has 0 spiro atoms. The van der Waals surface area contributed by atoms with Crippen LogP contribution in [0.25, 0.3) is 0 Å². The molecule has 2 heterocycles. The van der Waals surface area contributed by atoms with Gasteiger partial charge in [-0.2, -0.15) is 0 Å². The number of amides is 1. The molecule has 1 aliphatic heterocycles. The van der Waals surface area contributed by atoms with Gasteiger partial charge in [0.1, 0.15) is 5.75 Å². The van der Waals surface area contributed by atoms with Crippen molar-refractivity contribution in [1.29, 1.82) is 0 Å². The lowest BCUT2D eigenvalue weighted by molar-refractivity contribution is 0.0737. The van der Waals surface area contributed by atoms with Gasteiger partial charge in [-0.15, -0.1) is 0 Å². The third-order valence-electron chi connectivity index (χ3n) is 4.19. The number of methoxy groups -OCH3 is 1. The second kappa shape index (κ2) is 7.93. The summed E-state index contributed by atoms with van der Waals surface area (Å²) in [4.78, 5) is 19.0. The van der Waals surface area contributed by atoms with Crippen molar-refractivity contribution in [1.82, 2.24) is 9.88 Å². The predicted octanol–water partition coefficient (Wildman–Crippen LogP) is 2.42. The number of hydrogen-bond donors (Lipinski definition) is 0. The maximum Gasteiger partial charge on any atom is 0.253 e. The first-order valence-electron chi connectivity index (χ1n) is 8.17. The molecular weight excluding hydrogens is 304 g/mol. The zero-order valence-corrected chi connectivity index (χ0v) is 13.9. The highest BCUT2D eigenvalue weighted by Crippen LogP contribution is 2.17. The number of ether oxygens (including phenoxy) is 2. The minimum absolute atomic E-state index is 0.0363.